The van der Waals surface area contributed by atoms with Gasteiger partial charge in [-0.1, -0.05) is 30.3 Å². The molecule has 0 spiro atoms. The van der Waals surface area contributed by atoms with Gasteiger partial charge in [0, 0.05) is 31.9 Å². The maximum atomic E-state index is 13.1. The molecule has 0 aliphatic carbocycles. The molecular weight excluding hydrogens is 442 g/mol. The van der Waals surface area contributed by atoms with Crippen LogP contribution in [0.4, 0.5) is 5.69 Å². The highest BCUT2D eigenvalue weighted by atomic mass is 32.2. The van der Waals surface area contributed by atoms with E-state index in [0.717, 1.165) is 11.1 Å². The lowest BCUT2D eigenvalue weighted by molar-refractivity contribution is -0.129. The summed E-state index contributed by atoms with van der Waals surface area (Å²) in [7, 11) is -3.70. The van der Waals surface area contributed by atoms with Gasteiger partial charge in [-0.3, -0.25) is 9.59 Å². The third-order valence-electron chi connectivity index (χ3n) is 5.91. The molecule has 1 N–H and O–H groups in total. The van der Waals surface area contributed by atoms with Crippen LogP contribution in [0, 0.1) is 6.92 Å². The van der Waals surface area contributed by atoms with Gasteiger partial charge in [0.15, 0.2) is 0 Å². The Morgan fingerprint density at radius 1 is 1.12 bits per heavy atom. The van der Waals surface area contributed by atoms with Crippen molar-refractivity contribution >= 4 is 33.6 Å². The lowest BCUT2D eigenvalue weighted by Crippen LogP contribution is -2.40. The summed E-state index contributed by atoms with van der Waals surface area (Å²) < 4.78 is 32.9. The van der Waals surface area contributed by atoms with Gasteiger partial charge in [-0.2, -0.15) is 4.31 Å². The molecule has 4 rings (SSSR count). The maximum Gasteiger partial charge on any atom is 0.243 e. The van der Waals surface area contributed by atoms with Gasteiger partial charge in [-0.25, -0.2) is 8.42 Å². The number of amides is 2. The molecular formula is C24H27N3O5S. The van der Waals surface area contributed by atoms with Crippen molar-refractivity contribution in [3.05, 3.63) is 65.4 Å². The lowest BCUT2D eigenvalue weighted by Gasteiger charge is -2.32. The zero-order valence-electron chi connectivity index (χ0n) is 18.7. The van der Waals surface area contributed by atoms with E-state index in [0.29, 0.717) is 37.6 Å². The molecule has 0 bridgehead atoms. The third-order valence-corrected chi connectivity index (χ3v) is 7.95. The molecule has 2 aliphatic rings. The van der Waals surface area contributed by atoms with Crippen molar-refractivity contribution in [1.82, 2.24) is 9.21 Å². The van der Waals surface area contributed by atoms with Crippen LogP contribution in [-0.2, 0) is 24.3 Å². The number of carbonyl (C=O) groups is 2. The molecule has 8 nitrogen and oxygen atoms in total. The second-order valence-electron chi connectivity index (χ2n) is 8.14. The van der Waals surface area contributed by atoms with Crippen LogP contribution in [0.3, 0.4) is 0 Å². The minimum absolute atomic E-state index is 0.0420. The zero-order valence-corrected chi connectivity index (χ0v) is 19.5. The Balaban J connectivity index is 1.55. The lowest BCUT2D eigenvalue weighted by atomic mass is 9.93. The number of carbonyl (C=O) groups excluding carboxylic acids is 2. The van der Waals surface area contributed by atoms with E-state index in [1.165, 1.54) is 17.3 Å². The quantitative estimate of drug-likeness (QED) is 0.727. The molecule has 1 atom stereocenters. The Morgan fingerprint density at radius 3 is 2.58 bits per heavy atom. The Kier molecular flexibility index (Phi) is 6.64. The number of aryl methyl sites for hydroxylation is 1. The summed E-state index contributed by atoms with van der Waals surface area (Å²) in [4.78, 5) is 26.8. The van der Waals surface area contributed by atoms with Crippen molar-refractivity contribution < 1.29 is 22.7 Å². The smallest absolute Gasteiger partial charge is 0.243 e. The topological polar surface area (TPSA) is 96.0 Å². The molecule has 1 saturated heterocycles. The van der Waals surface area contributed by atoms with E-state index in [4.69, 9.17) is 4.74 Å². The summed E-state index contributed by atoms with van der Waals surface area (Å²) in [6.45, 7) is 4.51. The standard InChI is InChI=1S/C24H27N3O5S/c1-17-7-8-20(15-23(17)33(30,31)26-11-13-32-14-12-26)25-24(29)16-22-21-6-4-3-5-19(21)9-10-27(22)18(2)28/h3-10,15,22H,11-14,16H2,1-2H3,(H,25,29). The van der Waals surface area contributed by atoms with Crippen molar-refractivity contribution in [2.24, 2.45) is 0 Å². The van der Waals surface area contributed by atoms with E-state index < -0.39 is 16.1 Å². The average molecular weight is 470 g/mol. The largest absolute Gasteiger partial charge is 0.379 e. The van der Waals surface area contributed by atoms with Gasteiger partial charge < -0.3 is 15.0 Å². The Hall–Kier alpha value is -3.01. The molecule has 9 heteroatoms. The van der Waals surface area contributed by atoms with Crippen LogP contribution in [0.2, 0.25) is 0 Å². The number of nitrogens with zero attached hydrogens (tertiary/aromatic N) is 2. The molecule has 2 aromatic carbocycles. The number of nitrogens with one attached hydrogen (secondary N) is 1. The van der Waals surface area contributed by atoms with Gasteiger partial charge in [-0.05, 0) is 41.8 Å². The van der Waals surface area contributed by atoms with Crippen LogP contribution in [0.15, 0.2) is 53.6 Å². The number of fused-ring (bicyclic) bond motifs is 1. The highest BCUT2D eigenvalue weighted by molar-refractivity contribution is 7.89. The van der Waals surface area contributed by atoms with Gasteiger partial charge in [0.1, 0.15) is 0 Å². The van der Waals surface area contributed by atoms with E-state index in [9.17, 15) is 18.0 Å². The number of hydrogen-bond donors (Lipinski definition) is 1. The summed E-state index contributed by atoms with van der Waals surface area (Å²) in [5, 5.41) is 2.81. The fourth-order valence-corrected chi connectivity index (χ4v) is 5.84. The van der Waals surface area contributed by atoms with Crippen LogP contribution in [0.1, 0.15) is 36.1 Å². The molecule has 2 heterocycles. The Labute approximate surface area is 193 Å². The molecule has 0 saturated carbocycles. The van der Waals surface area contributed by atoms with Gasteiger partial charge in [0.25, 0.3) is 0 Å². The highest BCUT2D eigenvalue weighted by Crippen LogP contribution is 2.33. The van der Waals surface area contributed by atoms with E-state index in [-0.39, 0.29) is 23.1 Å². The maximum absolute atomic E-state index is 13.1. The third kappa shape index (κ3) is 4.85. The molecule has 1 fully saturated rings. The fourth-order valence-electron chi connectivity index (χ4n) is 4.18. The second kappa shape index (κ2) is 9.46. The predicted molar refractivity (Wildman–Crippen MR) is 125 cm³/mol. The van der Waals surface area contributed by atoms with Gasteiger partial charge in [0.05, 0.1) is 30.6 Å². The summed E-state index contributed by atoms with van der Waals surface area (Å²) in [5.74, 6) is -0.470. The molecule has 2 amide bonds. The first-order chi connectivity index (χ1) is 15.8. The molecule has 0 radical (unpaired) electrons. The van der Waals surface area contributed by atoms with Crippen molar-refractivity contribution in [3.63, 3.8) is 0 Å². The van der Waals surface area contributed by atoms with Crippen LogP contribution in [0.5, 0.6) is 0 Å². The van der Waals surface area contributed by atoms with Crippen LogP contribution in [0.25, 0.3) is 6.08 Å². The highest BCUT2D eigenvalue weighted by Gasteiger charge is 2.30. The number of hydrogen-bond acceptors (Lipinski definition) is 5. The van der Waals surface area contributed by atoms with Gasteiger partial charge >= 0.3 is 0 Å². The predicted octanol–water partition coefficient (Wildman–Crippen LogP) is 2.92. The number of benzene rings is 2. The molecule has 33 heavy (non-hydrogen) atoms. The first-order valence-electron chi connectivity index (χ1n) is 10.8. The summed E-state index contributed by atoms with van der Waals surface area (Å²) in [5.41, 5.74) is 2.85. The van der Waals surface area contributed by atoms with Crippen LogP contribution >= 0.6 is 0 Å². The van der Waals surface area contributed by atoms with Crippen LogP contribution in [-0.4, -0.2) is 55.7 Å². The van der Waals surface area contributed by atoms with Crippen molar-refractivity contribution in [3.8, 4) is 0 Å². The first-order valence-corrected chi connectivity index (χ1v) is 12.3. The normalized spacial score (nSPS) is 18.6. The Morgan fingerprint density at radius 2 is 1.85 bits per heavy atom. The minimum atomic E-state index is -3.70. The molecule has 0 aromatic heterocycles. The molecule has 2 aromatic rings. The average Bonchev–Trinajstić information content (AvgIpc) is 2.80. The number of sulfonamides is 1. The SMILES string of the molecule is CC(=O)N1C=Cc2ccccc2C1CC(=O)Nc1ccc(C)c(S(=O)(=O)N2CCOCC2)c1. The molecule has 174 valence electrons. The van der Waals surface area contributed by atoms with E-state index >= 15 is 0 Å². The van der Waals surface area contributed by atoms with E-state index in [1.54, 1.807) is 30.2 Å². The summed E-state index contributed by atoms with van der Waals surface area (Å²) in [6.07, 6.45) is 3.59. The van der Waals surface area contributed by atoms with E-state index in [1.807, 2.05) is 30.3 Å². The minimum Gasteiger partial charge on any atom is -0.379 e. The van der Waals surface area contributed by atoms with Crippen LogP contribution < -0.4 is 5.32 Å². The summed E-state index contributed by atoms with van der Waals surface area (Å²) in [6, 6.07) is 12.1. The number of ether oxygens (including phenoxy) is 1. The number of anilines is 1. The second-order valence-corrected chi connectivity index (χ2v) is 10.0. The van der Waals surface area contributed by atoms with Gasteiger partial charge in [-0.15, -0.1) is 0 Å². The molecule has 1 unspecified atom stereocenters. The summed E-state index contributed by atoms with van der Waals surface area (Å²) >= 11 is 0. The number of morpholine rings is 1. The Bertz CT molecular complexity index is 1200. The monoisotopic (exact) mass is 469 g/mol. The van der Waals surface area contributed by atoms with Gasteiger partial charge in [0.2, 0.25) is 21.8 Å². The van der Waals surface area contributed by atoms with Crippen molar-refractivity contribution in [2.45, 2.75) is 31.2 Å². The fraction of sp³-hybridized carbons (Fsp3) is 0.333. The van der Waals surface area contributed by atoms with Crippen molar-refractivity contribution in [1.29, 1.82) is 0 Å². The van der Waals surface area contributed by atoms with E-state index in [2.05, 4.69) is 5.32 Å². The first kappa shape index (κ1) is 23.2. The van der Waals surface area contributed by atoms with Crippen molar-refractivity contribution in [2.75, 3.05) is 31.6 Å². The molecule has 2 aliphatic heterocycles. The zero-order chi connectivity index (χ0) is 23.6. The number of rotatable bonds is 5.